The second kappa shape index (κ2) is 9.17. The Labute approximate surface area is 165 Å². The van der Waals surface area contributed by atoms with Crippen molar-refractivity contribution in [3.8, 4) is 17.2 Å². The van der Waals surface area contributed by atoms with Gasteiger partial charge in [-0.2, -0.15) is 0 Å². The number of amides is 1. The minimum absolute atomic E-state index is 0.121. The maximum atomic E-state index is 12.7. The summed E-state index contributed by atoms with van der Waals surface area (Å²) in [5, 5.41) is 0. The first kappa shape index (κ1) is 20.3. The number of hydrogen-bond acceptors (Lipinski definition) is 6. The van der Waals surface area contributed by atoms with E-state index in [1.165, 1.54) is 40.6 Å². The van der Waals surface area contributed by atoms with E-state index in [1.54, 1.807) is 12.1 Å². The molecule has 0 radical (unpaired) electrons. The number of benzene rings is 1. The van der Waals surface area contributed by atoms with Gasteiger partial charge in [0.2, 0.25) is 5.75 Å². The van der Waals surface area contributed by atoms with Crippen molar-refractivity contribution in [2.45, 2.75) is 44.6 Å². The van der Waals surface area contributed by atoms with Gasteiger partial charge in [-0.05, 0) is 43.7 Å². The third-order valence-electron chi connectivity index (χ3n) is 5.81. The number of hydrogen-bond donors (Lipinski definition) is 0. The normalized spacial score (nSPS) is 21.5. The van der Waals surface area contributed by atoms with Crippen molar-refractivity contribution in [2.24, 2.45) is 5.92 Å². The highest BCUT2D eigenvalue weighted by Crippen LogP contribution is 2.40. The van der Waals surface area contributed by atoms with Crippen LogP contribution in [0.25, 0.3) is 0 Å². The Morgan fingerprint density at radius 1 is 0.964 bits per heavy atom. The molecule has 1 amide bonds. The van der Waals surface area contributed by atoms with Gasteiger partial charge in [-0.1, -0.05) is 12.8 Å². The summed E-state index contributed by atoms with van der Waals surface area (Å²) >= 11 is 0. The largest absolute Gasteiger partial charge is 0.493 e. The molecule has 0 bridgehead atoms. The molecule has 0 aromatic heterocycles. The van der Waals surface area contributed by atoms with E-state index in [1.807, 2.05) is 4.90 Å². The van der Waals surface area contributed by atoms with Crippen molar-refractivity contribution in [3.63, 3.8) is 0 Å². The van der Waals surface area contributed by atoms with E-state index in [9.17, 15) is 9.59 Å². The molecule has 1 aliphatic heterocycles. The molecule has 1 aromatic carbocycles. The quantitative estimate of drug-likeness (QED) is 0.694. The Morgan fingerprint density at radius 3 is 2.39 bits per heavy atom. The zero-order valence-corrected chi connectivity index (χ0v) is 16.9. The average Bonchev–Trinajstić information content (AvgIpc) is 2.75. The summed E-state index contributed by atoms with van der Waals surface area (Å²) in [5.74, 6) is 0.834. The van der Waals surface area contributed by atoms with Crippen LogP contribution in [0.5, 0.6) is 17.2 Å². The van der Waals surface area contributed by atoms with Gasteiger partial charge >= 0.3 is 5.97 Å². The third kappa shape index (κ3) is 4.03. The molecule has 2 atom stereocenters. The first-order valence-corrected chi connectivity index (χ1v) is 9.86. The van der Waals surface area contributed by atoms with Gasteiger partial charge in [0.15, 0.2) is 18.1 Å². The van der Waals surface area contributed by atoms with Gasteiger partial charge in [0, 0.05) is 12.6 Å². The van der Waals surface area contributed by atoms with Gasteiger partial charge in [0.25, 0.3) is 5.91 Å². The summed E-state index contributed by atoms with van der Waals surface area (Å²) in [6.45, 7) is 0.483. The van der Waals surface area contributed by atoms with Crippen LogP contribution in [0.4, 0.5) is 0 Å². The van der Waals surface area contributed by atoms with Crippen LogP contribution in [0, 0.1) is 5.92 Å². The SMILES string of the molecule is COc1ccc(C(=O)OCC(=O)N2CCC[C@H]3CCCC[C@@H]32)c(OC)c1OC. The monoisotopic (exact) mass is 391 g/mol. The molecule has 0 spiro atoms. The lowest BCUT2D eigenvalue weighted by Crippen LogP contribution is -2.50. The van der Waals surface area contributed by atoms with E-state index in [-0.39, 0.29) is 23.8 Å². The van der Waals surface area contributed by atoms with E-state index in [4.69, 9.17) is 18.9 Å². The minimum Gasteiger partial charge on any atom is -0.493 e. The van der Waals surface area contributed by atoms with Crippen LogP contribution in [0.15, 0.2) is 12.1 Å². The lowest BCUT2D eigenvalue weighted by Gasteiger charge is -2.44. The first-order chi connectivity index (χ1) is 13.6. The van der Waals surface area contributed by atoms with Crippen molar-refractivity contribution >= 4 is 11.9 Å². The number of ether oxygens (including phenoxy) is 4. The Hall–Kier alpha value is -2.44. The van der Waals surface area contributed by atoms with E-state index >= 15 is 0 Å². The van der Waals surface area contributed by atoms with Crippen molar-refractivity contribution in [2.75, 3.05) is 34.5 Å². The minimum atomic E-state index is -0.622. The molecule has 3 rings (SSSR count). The predicted molar refractivity (Wildman–Crippen MR) is 103 cm³/mol. The smallest absolute Gasteiger partial charge is 0.342 e. The maximum Gasteiger partial charge on any atom is 0.342 e. The van der Waals surface area contributed by atoms with E-state index in [0.29, 0.717) is 23.5 Å². The van der Waals surface area contributed by atoms with Crippen molar-refractivity contribution in [3.05, 3.63) is 17.7 Å². The number of carbonyl (C=O) groups excluding carboxylic acids is 2. The molecule has 7 nitrogen and oxygen atoms in total. The number of methoxy groups -OCH3 is 3. The predicted octanol–water partition coefficient (Wildman–Crippen LogP) is 3.05. The number of carbonyl (C=O) groups is 2. The fourth-order valence-electron chi connectivity index (χ4n) is 4.48. The standard InChI is InChI=1S/C21H29NO6/c1-25-17-11-10-15(19(26-2)20(17)27-3)21(24)28-13-18(23)22-12-6-8-14-7-4-5-9-16(14)22/h10-11,14,16H,4-9,12-13H2,1-3H3/t14-,16+/m1/s1. The lowest BCUT2D eigenvalue weighted by molar-refractivity contribution is -0.140. The second-order valence-corrected chi connectivity index (χ2v) is 7.30. The van der Waals surface area contributed by atoms with Crippen molar-refractivity contribution in [1.82, 2.24) is 4.90 Å². The van der Waals surface area contributed by atoms with Crippen LogP contribution in [-0.2, 0) is 9.53 Å². The van der Waals surface area contributed by atoms with E-state index in [2.05, 4.69) is 0 Å². The third-order valence-corrected chi connectivity index (χ3v) is 5.81. The van der Waals surface area contributed by atoms with Crippen LogP contribution >= 0.6 is 0 Å². The molecule has 2 fully saturated rings. The molecule has 1 saturated carbocycles. The molecule has 154 valence electrons. The van der Waals surface area contributed by atoms with Gasteiger partial charge in [0.05, 0.1) is 21.3 Å². The van der Waals surface area contributed by atoms with Crippen molar-refractivity contribution in [1.29, 1.82) is 0 Å². The number of piperidine rings is 1. The topological polar surface area (TPSA) is 74.3 Å². The molecule has 2 aliphatic rings. The Morgan fingerprint density at radius 2 is 1.68 bits per heavy atom. The molecule has 1 aromatic rings. The fraction of sp³-hybridized carbons (Fsp3) is 0.619. The maximum absolute atomic E-state index is 12.7. The summed E-state index contributed by atoms with van der Waals surface area (Å²) in [7, 11) is 4.41. The molecular formula is C21H29NO6. The fourth-order valence-corrected chi connectivity index (χ4v) is 4.48. The summed E-state index contributed by atoms with van der Waals surface area (Å²) in [6, 6.07) is 3.45. The van der Waals surface area contributed by atoms with Gasteiger partial charge in [0.1, 0.15) is 5.56 Å². The highest BCUT2D eigenvalue weighted by Gasteiger charge is 2.36. The Bertz CT molecular complexity index is 717. The Balaban J connectivity index is 1.67. The number of rotatable bonds is 6. The van der Waals surface area contributed by atoms with Gasteiger partial charge in [-0.3, -0.25) is 4.79 Å². The first-order valence-electron chi connectivity index (χ1n) is 9.86. The number of likely N-dealkylation sites (tertiary alicyclic amines) is 1. The number of fused-ring (bicyclic) bond motifs is 1. The zero-order chi connectivity index (χ0) is 20.1. The van der Waals surface area contributed by atoms with Crippen LogP contribution in [0.1, 0.15) is 48.9 Å². The number of nitrogens with zero attached hydrogens (tertiary/aromatic N) is 1. The van der Waals surface area contributed by atoms with E-state index in [0.717, 1.165) is 25.8 Å². The highest BCUT2D eigenvalue weighted by atomic mass is 16.5. The Kier molecular flexibility index (Phi) is 6.65. The van der Waals surface area contributed by atoms with Gasteiger partial charge < -0.3 is 23.8 Å². The molecule has 7 heteroatoms. The van der Waals surface area contributed by atoms with Crippen LogP contribution in [-0.4, -0.2) is 57.3 Å². The molecule has 28 heavy (non-hydrogen) atoms. The second-order valence-electron chi connectivity index (χ2n) is 7.30. The molecule has 1 heterocycles. The van der Waals surface area contributed by atoms with Gasteiger partial charge in [-0.25, -0.2) is 4.79 Å². The molecular weight excluding hydrogens is 362 g/mol. The molecule has 1 aliphatic carbocycles. The van der Waals surface area contributed by atoms with E-state index < -0.39 is 5.97 Å². The van der Waals surface area contributed by atoms with Gasteiger partial charge in [-0.15, -0.1) is 0 Å². The zero-order valence-electron chi connectivity index (χ0n) is 16.9. The highest BCUT2D eigenvalue weighted by molar-refractivity contribution is 5.95. The summed E-state index contributed by atoms with van der Waals surface area (Å²) in [5.41, 5.74) is 0.196. The van der Waals surface area contributed by atoms with Crippen LogP contribution in [0.2, 0.25) is 0 Å². The molecule has 1 saturated heterocycles. The lowest BCUT2D eigenvalue weighted by atomic mass is 9.78. The molecule has 0 N–H and O–H groups in total. The molecule has 0 unspecified atom stereocenters. The average molecular weight is 391 g/mol. The number of esters is 1. The summed E-state index contributed by atoms with van der Waals surface area (Å²) in [4.78, 5) is 27.3. The summed E-state index contributed by atoms with van der Waals surface area (Å²) < 4.78 is 21.2. The summed E-state index contributed by atoms with van der Waals surface area (Å²) in [6.07, 6.45) is 6.86. The van der Waals surface area contributed by atoms with Crippen LogP contribution in [0.3, 0.4) is 0 Å². The van der Waals surface area contributed by atoms with Crippen molar-refractivity contribution < 1.29 is 28.5 Å². The van der Waals surface area contributed by atoms with Crippen LogP contribution < -0.4 is 14.2 Å².